The van der Waals surface area contributed by atoms with E-state index >= 15 is 0 Å². The predicted molar refractivity (Wildman–Crippen MR) is 120 cm³/mol. The van der Waals surface area contributed by atoms with Crippen molar-refractivity contribution in [2.24, 2.45) is 28.1 Å². The maximum atomic E-state index is 12.9. The molecule has 0 aromatic heterocycles. The fourth-order valence-electron chi connectivity index (χ4n) is 2.75. The molecule has 15 heteroatoms. The molecule has 0 saturated heterocycles. The third-order valence-corrected chi connectivity index (χ3v) is 4.60. The third-order valence-electron chi connectivity index (χ3n) is 4.60. The molecule has 0 aromatic rings. The number of aliphatic carboxylic acids is 2. The summed E-state index contributed by atoms with van der Waals surface area (Å²) in [4.78, 5) is 63.6. The number of hydrogen-bond acceptors (Lipinski definition) is 8. The number of nitrogens with one attached hydrogen (secondary N) is 3. The van der Waals surface area contributed by atoms with Crippen LogP contribution in [0.25, 0.3) is 0 Å². The molecule has 0 radical (unpaired) electrons. The second-order valence-corrected chi connectivity index (χ2v) is 8.01. The van der Waals surface area contributed by atoms with Crippen LogP contribution in [0.1, 0.15) is 40.0 Å². The van der Waals surface area contributed by atoms with Crippen LogP contribution in [0.5, 0.6) is 0 Å². The Hall–Kier alpha value is -3.46. The van der Waals surface area contributed by atoms with Crippen molar-refractivity contribution >= 4 is 35.6 Å². The minimum absolute atomic E-state index is 0.00219. The molecular formula is C19H35N7O8. The van der Waals surface area contributed by atoms with Crippen LogP contribution in [0.2, 0.25) is 0 Å². The zero-order chi connectivity index (χ0) is 26.6. The van der Waals surface area contributed by atoms with Crippen LogP contribution < -0.4 is 33.2 Å². The van der Waals surface area contributed by atoms with Gasteiger partial charge in [0.25, 0.3) is 0 Å². The van der Waals surface area contributed by atoms with E-state index in [-0.39, 0.29) is 25.3 Å². The van der Waals surface area contributed by atoms with E-state index in [0.717, 1.165) is 0 Å². The zero-order valence-corrected chi connectivity index (χ0v) is 19.4. The SMILES string of the molecule is CC(C)C(NC(=O)C(N)CC(=O)O)C(=O)NC(CCCN=C(N)N)C(=O)NC(C(=O)O)C(C)O. The highest BCUT2D eigenvalue weighted by molar-refractivity contribution is 5.94. The smallest absolute Gasteiger partial charge is 0.328 e. The fourth-order valence-corrected chi connectivity index (χ4v) is 2.75. The Balaban J connectivity index is 5.55. The molecule has 0 fully saturated rings. The van der Waals surface area contributed by atoms with Crippen molar-refractivity contribution in [3.05, 3.63) is 0 Å². The Bertz CT molecular complexity index is 768. The summed E-state index contributed by atoms with van der Waals surface area (Å²) in [5.41, 5.74) is 16.0. The zero-order valence-electron chi connectivity index (χ0n) is 19.4. The number of carbonyl (C=O) groups is 5. The predicted octanol–water partition coefficient (Wildman–Crippen LogP) is -3.58. The molecule has 0 aliphatic rings. The van der Waals surface area contributed by atoms with Gasteiger partial charge in [-0.05, 0) is 25.7 Å². The van der Waals surface area contributed by atoms with Crippen molar-refractivity contribution in [3.63, 3.8) is 0 Å². The van der Waals surface area contributed by atoms with Gasteiger partial charge < -0.3 is 48.5 Å². The molecule has 0 heterocycles. The number of aliphatic hydroxyl groups excluding tert-OH is 1. The number of amides is 3. The summed E-state index contributed by atoms with van der Waals surface area (Å²) in [6.07, 6.45) is -1.84. The molecule has 15 nitrogen and oxygen atoms in total. The molecule has 0 saturated carbocycles. The first-order valence-electron chi connectivity index (χ1n) is 10.5. The van der Waals surface area contributed by atoms with E-state index < -0.39 is 72.3 Å². The average Bonchev–Trinajstić information content (AvgIpc) is 2.70. The molecule has 12 N–H and O–H groups in total. The summed E-state index contributed by atoms with van der Waals surface area (Å²) in [7, 11) is 0. The van der Waals surface area contributed by atoms with Crippen LogP contribution in [0, 0.1) is 5.92 Å². The molecule has 5 unspecified atom stereocenters. The summed E-state index contributed by atoms with van der Waals surface area (Å²) in [6, 6.07) is -5.45. The summed E-state index contributed by atoms with van der Waals surface area (Å²) in [6.45, 7) is 4.51. The topological polar surface area (TPSA) is 273 Å². The van der Waals surface area contributed by atoms with Crippen LogP contribution in [-0.2, 0) is 24.0 Å². The first kappa shape index (κ1) is 30.5. The second-order valence-electron chi connectivity index (χ2n) is 8.01. The maximum Gasteiger partial charge on any atom is 0.328 e. The van der Waals surface area contributed by atoms with Crippen LogP contribution in [-0.4, -0.2) is 87.8 Å². The normalized spacial score (nSPS) is 15.2. The Labute approximate surface area is 196 Å². The van der Waals surface area contributed by atoms with Crippen molar-refractivity contribution in [1.82, 2.24) is 16.0 Å². The molecule has 5 atom stereocenters. The minimum atomic E-state index is -1.63. The van der Waals surface area contributed by atoms with Gasteiger partial charge in [0, 0.05) is 6.54 Å². The Morgan fingerprint density at radius 3 is 1.88 bits per heavy atom. The molecule has 0 bridgehead atoms. The van der Waals surface area contributed by atoms with E-state index in [1.807, 2.05) is 0 Å². The van der Waals surface area contributed by atoms with Crippen molar-refractivity contribution in [2.75, 3.05) is 6.54 Å². The number of nitrogens with two attached hydrogens (primary N) is 3. The van der Waals surface area contributed by atoms with Gasteiger partial charge in [-0.15, -0.1) is 0 Å². The van der Waals surface area contributed by atoms with E-state index in [1.54, 1.807) is 13.8 Å². The number of guanidine groups is 1. The highest BCUT2D eigenvalue weighted by Gasteiger charge is 2.32. The first-order chi connectivity index (χ1) is 15.7. The van der Waals surface area contributed by atoms with Gasteiger partial charge in [0.05, 0.1) is 18.6 Å². The Morgan fingerprint density at radius 2 is 1.44 bits per heavy atom. The lowest BCUT2D eigenvalue weighted by molar-refractivity contribution is -0.145. The van der Waals surface area contributed by atoms with E-state index in [1.165, 1.54) is 6.92 Å². The van der Waals surface area contributed by atoms with E-state index in [0.29, 0.717) is 0 Å². The van der Waals surface area contributed by atoms with Gasteiger partial charge in [0.1, 0.15) is 12.1 Å². The van der Waals surface area contributed by atoms with Gasteiger partial charge in [0.15, 0.2) is 12.0 Å². The lowest BCUT2D eigenvalue weighted by Gasteiger charge is -2.27. The summed E-state index contributed by atoms with van der Waals surface area (Å²) in [5, 5.41) is 34.6. The molecular weight excluding hydrogens is 454 g/mol. The molecule has 34 heavy (non-hydrogen) atoms. The first-order valence-corrected chi connectivity index (χ1v) is 10.5. The Morgan fingerprint density at radius 1 is 0.882 bits per heavy atom. The van der Waals surface area contributed by atoms with Gasteiger partial charge >= 0.3 is 11.9 Å². The monoisotopic (exact) mass is 489 g/mol. The van der Waals surface area contributed by atoms with Crippen molar-refractivity contribution in [1.29, 1.82) is 0 Å². The molecule has 0 aliphatic carbocycles. The van der Waals surface area contributed by atoms with E-state index in [4.69, 9.17) is 22.3 Å². The van der Waals surface area contributed by atoms with Crippen molar-refractivity contribution < 1.29 is 39.3 Å². The molecule has 0 aromatic carbocycles. The number of aliphatic hydroxyl groups is 1. The number of carbonyl (C=O) groups excluding carboxylic acids is 3. The number of carboxylic acid groups (broad SMARTS) is 2. The van der Waals surface area contributed by atoms with Gasteiger partial charge in [0.2, 0.25) is 17.7 Å². The maximum absolute atomic E-state index is 12.9. The van der Waals surface area contributed by atoms with Crippen molar-refractivity contribution in [2.45, 2.75) is 70.3 Å². The standard InChI is InChI=1S/C19H35N7O8/c1-8(2)13(25-15(30)10(20)7-12(28)29)17(32)24-11(5-4-6-23-19(21)22)16(31)26-14(9(3)27)18(33)34/h8-11,13-14,27H,4-7,20H2,1-3H3,(H,24,32)(H,25,30)(H,26,31)(H,28,29)(H,33,34)(H4,21,22,23). The molecule has 0 rings (SSSR count). The van der Waals surface area contributed by atoms with Gasteiger partial charge in [-0.2, -0.15) is 0 Å². The average molecular weight is 490 g/mol. The fraction of sp³-hybridized carbons (Fsp3) is 0.684. The molecule has 194 valence electrons. The van der Waals surface area contributed by atoms with Crippen LogP contribution >= 0.6 is 0 Å². The highest BCUT2D eigenvalue weighted by Crippen LogP contribution is 2.07. The van der Waals surface area contributed by atoms with Gasteiger partial charge in [-0.25, -0.2) is 4.79 Å². The Kier molecular flexibility index (Phi) is 13.2. The van der Waals surface area contributed by atoms with Crippen molar-refractivity contribution in [3.8, 4) is 0 Å². The molecule has 3 amide bonds. The molecule has 0 spiro atoms. The summed E-state index contributed by atoms with van der Waals surface area (Å²) < 4.78 is 0. The highest BCUT2D eigenvalue weighted by atomic mass is 16.4. The van der Waals surface area contributed by atoms with Gasteiger partial charge in [-0.3, -0.25) is 24.2 Å². The lowest BCUT2D eigenvalue weighted by atomic mass is 10.0. The summed E-state index contributed by atoms with van der Waals surface area (Å²) in [5.74, 6) is -5.96. The quantitative estimate of drug-likeness (QED) is 0.0616. The lowest BCUT2D eigenvalue weighted by Crippen LogP contribution is -2.59. The van der Waals surface area contributed by atoms with Gasteiger partial charge in [-0.1, -0.05) is 13.8 Å². The van der Waals surface area contributed by atoms with Crippen LogP contribution in [0.4, 0.5) is 0 Å². The minimum Gasteiger partial charge on any atom is -0.481 e. The van der Waals surface area contributed by atoms with Crippen LogP contribution in [0.15, 0.2) is 4.99 Å². The summed E-state index contributed by atoms with van der Waals surface area (Å²) >= 11 is 0. The van der Waals surface area contributed by atoms with E-state index in [2.05, 4.69) is 20.9 Å². The largest absolute Gasteiger partial charge is 0.481 e. The number of carboxylic acids is 2. The number of rotatable bonds is 15. The third kappa shape index (κ3) is 11.4. The second kappa shape index (κ2) is 14.6. The molecule has 0 aliphatic heterocycles. The number of nitrogens with zero attached hydrogens (tertiary/aromatic N) is 1. The van der Waals surface area contributed by atoms with E-state index in [9.17, 15) is 34.2 Å². The van der Waals surface area contributed by atoms with Crippen LogP contribution in [0.3, 0.4) is 0 Å². The number of hydrogen-bond donors (Lipinski definition) is 9. The number of aliphatic imine (C=N–C) groups is 1.